The normalized spacial score (nSPS) is 10.5. The number of benzene rings is 1. The van der Waals surface area contributed by atoms with E-state index in [1.165, 1.54) is 6.07 Å². The smallest absolute Gasteiger partial charge is 0.164 e. The standard InChI is InChI=1S/C11H7BrClFN2/c1-6-4-10(13)16-11(15-6)8-5-7(12)2-3-9(8)14/h2-5H,1H3. The maximum atomic E-state index is 13.6. The van der Waals surface area contributed by atoms with Crippen LogP contribution in [0.2, 0.25) is 5.15 Å². The predicted octanol–water partition coefficient (Wildman–Crippen LogP) is 4.01. The Balaban J connectivity index is 2.62. The summed E-state index contributed by atoms with van der Waals surface area (Å²) in [5, 5.41) is 0.307. The average molecular weight is 302 g/mol. The van der Waals surface area contributed by atoms with E-state index in [4.69, 9.17) is 11.6 Å². The summed E-state index contributed by atoms with van der Waals surface area (Å²) in [4.78, 5) is 8.15. The molecule has 0 amide bonds. The van der Waals surface area contributed by atoms with Crippen molar-refractivity contribution in [2.45, 2.75) is 6.92 Å². The van der Waals surface area contributed by atoms with Crippen LogP contribution in [-0.2, 0) is 0 Å². The summed E-state index contributed by atoms with van der Waals surface area (Å²) >= 11 is 9.08. The molecular weight excluding hydrogens is 294 g/mol. The van der Waals surface area contributed by atoms with Crippen molar-refractivity contribution >= 4 is 27.5 Å². The highest BCUT2D eigenvalue weighted by Crippen LogP contribution is 2.24. The van der Waals surface area contributed by atoms with Gasteiger partial charge in [-0.15, -0.1) is 0 Å². The van der Waals surface area contributed by atoms with Gasteiger partial charge in [-0.05, 0) is 31.2 Å². The van der Waals surface area contributed by atoms with Crippen molar-refractivity contribution in [3.05, 3.63) is 45.4 Å². The minimum absolute atomic E-state index is 0.295. The maximum absolute atomic E-state index is 13.6. The molecule has 1 aromatic heterocycles. The summed E-state index contributed by atoms with van der Waals surface area (Å²) in [6.45, 7) is 1.78. The zero-order valence-corrected chi connectivity index (χ0v) is 10.7. The van der Waals surface area contributed by atoms with Crippen LogP contribution in [0.3, 0.4) is 0 Å². The van der Waals surface area contributed by atoms with Gasteiger partial charge in [0, 0.05) is 10.2 Å². The van der Waals surface area contributed by atoms with Gasteiger partial charge in [0.1, 0.15) is 11.0 Å². The van der Waals surface area contributed by atoms with Gasteiger partial charge in [-0.25, -0.2) is 14.4 Å². The number of nitrogens with zero attached hydrogens (tertiary/aromatic N) is 2. The van der Waals surface area contributed by atoms with E-state index in [2.05, 4.69) is 25.9 Å². The molecule has 0 saturated carbocycles. The fourth-order valence-corrected chi connectivity index (χ4v) is 1.92. The second kappa shape index (κ2) is 4.47. The second-order valence-electron chi connectivity index (χ2n) is 3.28. The molecule has 2 rings (SSSR count). The molecule has 1 aromatic carbocycles. The first-order valence-corrected chi connectivity index (χ1v) is 5.70. The molecule has 0 aliphatic heterocycles. The van der Waals surface area contributed by atoms with Gasteiger partial charge in [-0.2, -0.15) is 0 Å². The van der Waals surface area contributed by atoms with Crippen molar-refractivity contribution in [3.8, 4) is 11.4 Å². The lowest BCUT2D eigenvalue weighted by molar-refractivity contribution is 0.629. The third kappa shape index (κ3) is 2.39. The van der Waals surface area contributed by atoms with Gasteiger partial charge in [0.25, 0.3) is 0 Å². The lowest BCUT2D eigenvalue weighted by Crippen LogP contribution is -1.94. The molecule has 1 heterocycles. The van der Waals surface area contributed by atoms with E-state index in [1.54, 1.807) is 25.1 Å². The monoisotopic (exact) mass is 300 g/mol. The van der Waals surface area contributed by atoms with E-state index in [-0.39, 0.29) is 5.82 Å². The zero-order valence-electron chi connectivity index (χ0n) is 8.34. The molecule has 0 N–H and O–H groups in total. The largest absolute Gasteiger partial charge is 0.233 e. The Morgan fingerprint density at radius 1 is 1.25 bits per heavy atom. The van der Waals surface area contributed by atoms with Crippen LogP contribution in [-0.4, -0.2) is 9.97 Å². The van der Waals surface area contributed by atoms with Gasteiger partial charge in [0.15, 0.2) is 5.82 Å². The summed E-state index contributed by atoms with van der Waals surface area (Å²) in [5.41, 5.74) is 1.04. The SMILES string of the molecule is Cc1cc(Cl)nc(-c2cc(Br)ccc2F)n1. The number of hydrogen-bond acceptors (Lipinski definition) is 2. The summed E-state index contributed by atoms with van der Waals surface area (Å²) in [6.07, 6.45) is 0. The third-order valence-corrected chi connectivity index (χ3v) is 2.68. The molecule has 16 heavy (non-hydrogen) atoms. The Morgan fingerprint density at radius 2 is 2.00 bits per heavy atom. The highest BCUT2D eigenvalue weighted by molar-refractivity contribution is 9.10. The molecule has 5 heteroatoms. The number of aryl methyl sites for hydroxylation is 1. The second-order valence-corrected chi connectivity index (χ2v) is 4.58. The highest BCUT2D eigenvalue weighted by atomic mass is 79.9. The van der Waals surface area contributed by atoms with Crippen molar-refractivity contribution < 1.29 is 4.39 Å². The minimum Gasteiger partial charge on any atom is -0.233 e. The number of halogens is 3. The lowest BCUT2D eigenvalue weighted by Gasteiger charge is -2.04. The van der Waals surface area contributed by atoms with Crippen molar-refractivity contribution in [2.24, 2.45) is 0 Å². The van der Waals surface area contributed by atoms with Crippen LogP contribution in [0, 0.1) is 12.7 Å². The van der Waals surface area contributed by atoms with E-state index in [1.807, 2.05) is 0 Å². The molecule has 0 saturated heterocycles. The number of aromatic nitrogens is 2. The van der Waals surface area contributed by atoms with Gasteiger partial charge in [-0.1, -0.05) is 27.5 Å². The Hall–Kier alpha value is -1.00. The molecule has 0 bridgehead atoms. The van der Waals surface area contributed by atoms with Crippen LogP contribution in [0.25, 0.3) is 11.4 Å². The van der Waals surface area contributed by atoms with Gasteiger partial charge in [0.05, 0.1) is 5.56 Å². The topological polar surface area (TPSA) is 25.8 Å². The number of hydrogen-bond donors (Lipinski definition) is 0. The molecule has 2 aromatic rings. The molecule has 0 aliphatic rings. The Morgan fingerprint density at radius 3 is 2.69 bits per heavy atom. The van der Waals surface area contributed by atoms with E-state index >= 15 is 0 Å². The first kappa shape index (κ1) is 11.5. The van der Waals surface area contributed by atoms with E-state index in [0.717, 1.165) is 4.47 Å². The number of rotatable bonds is 1. The molecule has 82 valence electrons. The summed E-state index contributed by atoms with van der Waals surface area (Å²) < 4.78 is 14.3. The van der Waals surface area contributed by atoms with Crippen LogP contribution in [0.4, 0.5) is 4.39 Å². The van der Waals surface area contributed by atoms with Crippen LogP contribution < -0.4 is 0 Å². The summed E-state index contributed by atoms with van der Waals surface area (Å²) in [5.74, 6) is -0.0753. The fourth-order valence-electron chi connectivity index (χ4n) is 1.32. The first-order valence-electron chi connectivity index (χ1n) is 4.53. The maximum Gasteiger partial charge on any atom is 0.164 e. The van der Waals surface area contributed by atoms with Crippen molar-refractivity contribution in [1.29, 1.82) is 0 Å². The quantitative estimate of drug-likeness (QED) is 0.744. The molecule has 0 unspecified atom stereocenters. The molecule has 0 fully saturated rings. The van der Waals surface area contributed by atoms with Crippen LogP contribution in [0.5, 0.6) is 0 Å². The molecule has 0 spiro atoms. The summed E-state index contributed by atoms with van der Waals surface area (Å²) in [6, 6.07) is 6.23. The molecular formula is C11H7BrClFN2. The molecule has 0 radical (unpaired) electrons. The fraction of sp³-hybridized carbons (Fsp3) is 0.0909. The van der Waals surface area contributed by atoms with Crippen LogP contribution >= 0.6 is 27.5 Å². The van der Waals surface area contributed by atoms with E-state index in [9.17, 15) is 4.39 Å². The highest BCUT2D eigenvalue weighted by Gasteiger charge is 2.09. The zero-order chi connectivity index (χ0) is 11.7. The van der Waals surface area contributed by atoms with E-state index in [0.29, 0.717) is 22.2 Å². The van der Waals surface area contributed by atoms with Gasteiger partial charge in [-0.3, -0.25) is 0 Å². The molecule has 0 aliphatic carbocycles. The van der Waals surface area contributed by atoms with Crippen LogP contribution in [0.1, 0.15) is 5.69 Å². The predicted molar refractivity (Wildman–Crippen MR) is 64.9 cm³/mol. The van der Waals surface area contributed by atoms with Gasteiger partial charge < -0.3 is 0 Å². The first-order chi connectivity index (χ1) is 7.56. The molecule has 0 atom stereocenters. The lowest BCUT2D eigenvalue weighted by atomic mass is 10.2. The van der Waals surface area contributed by atoms with Crippen molar-refractivity contribution in [1.82, 2.24) is 9.97 Å². The van der Waals surface area contributed by atoms with Crippen molar-refractivity contribution in [3.63, 3.8) is 0 Å². The van der Waals surface area contributed by atoms with Gasteiger partial charge >= 0.3 is 0 Å². The van der Waals surface area contributed by atoms with Crippen molar-refractivity contribution in [2.75, 3.05) is 0 Å². The Kier molecular flexibility index (Phi) is 3.21. The average Bonchev–Trinajstić information content (AvgIpc) is 2.20. The third-order valence-electron chi connectivity index (χ3n) is 1.99. The Bertz CT molecular complexity index is 525. The van der Waals surface area contributed by atoms with E-state index < -0.39 is 0 Å². The molecule has 2 nitrogen and oxygen atoms in total. The summed E-state index contributed by atoms with van der Waals surface area (Å²) in [7, 11) is 0. The minimum atomic E-state index is -0.370. The Labute approximate surface area is 106 Å². The van der Waals surface area contributed by atoms with Gasteiger partial charge in [0.2, 0.25) is 0 Å². The van der Waals surface area contributed by atoms with Crippen LogP contribution in [0.15, 0.2) is 28.7 Å².